The first-order chi connectivity index (χ1) is 9.65. The number of nitro groups is 1. The van der Waals surface area contributed by atoms with E-state index in [1.54, 1.807) is 6.07 Å². The van der Waals surface area contributed by atoms with Crippen LogP contribution in [0, 0.1) is 10.1 Å². The van der Waals surface area contributed by atoms with E-state index >= 15 is 0 Å². The van der Waals surface area contributed by atoms with Crippen LogP contribution in [0.2, 0.25) is 0 Å². The van der Waals surface area contributed by atoms with Crippen LogP contribution in [0.1, 0.15) is 0 Å². The van der Waals surface area contributed by atoms with Gasteiger partial charge in [-0.2, -0.15) is 0 Å². The second-order valence-corrected chi connectivity index (χ2v) is 5.69. The summed E-state index contributed by atoms with van der Waals surface area (Å²) in [4.78, 5) is 14.0. The first-order valence-corrected chi connectivity index (χ1v) is 7.21. The highest BCUT2D eigenvalue weighted by atomic mass is 79.9. The van der Waals surface area contributed by atoms with E-state index in [0.717, 1.165) is 26.6 Å². The van der Waals surface area contributed by atoms with Gasteiger partial charge in [0.05, 0.1) is 9.40 Å². The van der Waals surface area contributed by atoms with E-state index in [0.29, 0.717) is 5.75 Å². The van der Waals surface area contributed by atoms with Crippen LogP contribution in [0.5, 0.6) is 10.9 Å². The van der Waals surface area contributed by atoms with Crippen molar-refractivity contribution < 1.29 is 9.66 Å². The summed E-state index contributed by atoms with van der Waals surface area (Å²) in [5, 5.41) is 12.9. The van der Waals surface area contributed by atoms with Crippen LogP contribution >= 0.6 is 27.3 Å². The first-order valence-electron chi connectivity index (χ1n) is 5.60. The van der Waals surface area contributed by atoms with Crippen molar-refractivity contribution in [1.82, 2.24) is 4.98 Å². The predicted octanol–water partition coefficient (Wildman–Crippen LogP) is 4.76. The number of hydrogen-bond donors (Lipinski definition) is 0. The monoisotopic (exact) mass is 350 g/mol. The van der Waals surface area contributed by atoms with E-state index in [1.807, 2.05) is 30.3 Å². The SMILES string of the molecule is O=[N+]([O-])c1cnc(Oc2ccc3ccccc3c2Br)s1. The van der Waals surface area contributed by atoms with Gasteiger partial charge in [-0.05, 0) is 44.1 Å². The molecule has 2 aromatic carbocycles. The molecule has 3 rings (SSSR count). The van der Waals surface area contributed by atoms with Crippen molar-refractivity contribution in [3.8, 4) is 10.9 Å². The predicted molar refractivity (Wildman–Crippen MR) is 80.5 cm³/mol. The fourth-order valence-electron chi connectivity index (χ4n) is 1.77. The van der Waals surface area contributed by atoms with Crippen molar-refractivity contribution in [3.63, 3.8) is 0 Å². The normalized spacial score (nSPS) is 10.7. The first kappa shape index (κ1) is 13.0. The number of rotatable bonds is 3. The smallest absolute Gasteiger partial charge is 0.347 e. The summed E-state index contributed by atoms with van der Waals surface area (Å²) in [5.41, 5.74) is 0. The fourth-order valence-corrected chi connectivity index (χ4v) is 2.94. The standard InChI is InChI=1S/C13H7BrN2O3S/c14-12-9-4-2-1-3-8(9)5-6-10(12)19-13-15-7-11(20-13)16(17)18/h1-7H. The van der Waals surface area contributed by atoms with Crippen molar-refractivity contribution in [2.45, 2.75) is 0 Å². The van der Waals surface area contributed by atoms with Crippen LogP contribution in [0.3, 0.4) is 0 Å². The van der Waals surface area contributed by atoms with Gasteiger partial charge in [0.2, 0.25) is 0 Å². The molecule has 0 saturated carbocycles. The quantitative estimate of drug-likeness (QED) is 0.504. The van der Waals surface area contributed by atoms with Crippen LogP contribution in [-0.4, -0.2) is 9.91 Å². The number of aromatic nitrogens is 1. The molecule has 0 aliphatic carbocycles. The second kappa shape index (κ2) is 5.18. The third-order valence-electron chi connectivity index (χ3n) is 2.68. The van der Waals surface area contributed by atoms with E-state index in [4.69, 9.17) is 4.74 Å². The van der Waals surface area contributed by atoms with Crippen molar-refractivity contribution in [2.75, 3.05) is 0 Å². The molecule has 0 N–H and O–H groups in total. The largest absolute Gasteiger partial charge is 0.430 e. The number of benzene rings is 2. The molecule has 3 aromatic rings. The molecule has 0 aliphatic rings. The molecule has 0 aliphatic heterocycles. The lowest BCUT2D eigenvalue weighted by atomic mass is 10.1. The Kier molecular flexibility index (Phi) is 3.37. The molecule has 0 saturated heterocycles. The van der Waals surface area contributed by atoms with Crippen LogP contribution in [0.25, 0.3) is 10.8 Å². The molecular formula is C13H7BrN2O3S. The molecule has 100 valence electrons. The van der Waals surface area contributed by atoms with Gasteiger partial charge in [0.15, 0.2) is 0 Å². The topological polar surface area (TPSA) is 65.3 Å². The lowest BCUT2D eigenvalue weighted by molar-refractivity contribution is -0.380. The lowest BCUT2D eigenvalue weighted by Crippen LogP contribution is -1.85. The summed E-state index contributed by atoms with van der Waals surface area (Å²) in [7, 11) is 0. The minimum absolute atomic E-state index is 0.0445. The van der Waals surface area contributed by atoms with E-state index in [9.17, 15) is 10.1 Å². The molecule has 1 heterocycles. The Hall–Kier alpha value is -1.99. The van der Waals surface area contributed by atoms with Crippen molar-refractivity contribution in [2.24, 2.45) is 0 Å². The summed E-state index contributed by atoms with van der Waals surface area (Å²) in [6, 6.07) is 11.6. The summed E-state index contributed by atoms with van der Waals surface area (Å²) in [5.74, 6) is 0.577. The summed E-state index contributed by atoms with van der Waals surface area (Å²) in [6.45, 7) is 0. The number of fused-ring (bicyclic) bond motifs is 1. The van der Waals surface area contributed by atoms with Crippen LogP contribution in [-0.2, 0) is 0 Å². The average molecular weight is 351 g/mol. The van der Waals surface area contributed by atoms with Gasteiger partial charge in [0.1, 0.15) is 11.9 Å². The molecule has 0 radical (unpaired) electrons. The van der Waals surface area contributed by atoms with Crippen molar-refractivity contribution >= 4 is 43.0 Å². The zero-order valence-corrected chi connectivity index (χ0v) is 12.3. The lowest BCUT2D eigenvalue weighted by Gasteiger charge is -2.07. The van der Waals surface area contributed by atoms with Gasteiger partial charge in [-0.15, -0.1) is 0 Å². The summed E-state index contributed by atoms with van der Waals surface area (Å²) < 4.78 is 6.40. The van der Waals surface area contributed by atoms with Gasteiger partial charge < -0.3 is 4.74 Å². The summed E-state index contributed by atoms with van der Waals surface area (Å²) >= 11 is 4.39. The number of nitrogens with zero attached hydrogens (tertiary/aromatic N) is 2. The highest BCUT2D eigenvalue weighted by molar-refractivity contribution is 9.10. The Morgan fingerprint density at radius 3 is 2.80 bits per heavy atom. The Bertz CT molecular complexity index is 803. The van der Waals surface area contributed by atoms with Crippen molar-refractivity contribution in [1.29, 1.82) is 0 Å². The number of thiazole rings is 1. The Labute approximate surface area is 126 Å². The maximum Gasteiger partial charge on any atom is 0.347 e. The third kappa shape index (κ3) is 2.37. The maximum absolute atomic E-state index is 10.6. The molecule has 20 heavy (non-hydrogen) atoms. The molecule has 0 amide bonds. The fraction of sp³-hybridized carbons (Fsp3) is 0. The Balaban J connectivity index is 1.97. The minimum atomic E-state index is -0.486. The van der Waals surface area contributed by atoms with Gasteiger partial charge >= 0.3 is 5.00 Å². The molecule has 1 aromatic heterocycles. The highest BCUT2D eigenvalue weighted by Gasteiger charge is 2.14. The molecule has 0 unspecified atom stereocenters. The number of ether oxygens (including phenoxy) is 1. The average Bonchev–Trinajstić information content (AvgIpc) is 2.91. The number of halogens is 1. The van der Waals surface area contributed by atoms with Gasteiger partial charge in [0, 0.05) is 0 Å². The zero-order valence-electron chi connectivity index (χ0n) is 9.95. The highest BCUT2D eigenvalue weighted by Crippen LogP contribution is 2.37. The van der Waals surface area contributed by atoms with Crippen LogP contribution in [0.4, 0.5) is 5.00 Å². The molecule has 0 bridgehead atoms. The van der Waals surface area contributed by atoms with E-state index in [-0.39, 0.29) is 10.2 Å². The molecule has 0 atom stereocenters. The van der Waals surface area contributed by atoms with Crippen LogP contribution in [0.15, 0.2) is 47.1 Å². The van der Waals surface area contributed by atoms with Gasteiger partial charge in [0.25, 0.3) is 5.19 Å². The molecule has 0 fully saturated rings. The Morgan fingerprint density at radius 2 is 2.05 bits per heavy atom. The van der Waals surface area contributed by atoms with Gasteiger partial charge in [-0.3, -0.25) is 10.1 Å². The van der Waals surface area contributed by atoms with E-state index in [2.05, 4.69) is 20.9 Å². The van der Waals surface area contributed by atoms with Gasteiger partial charge in [-0.1, -0.05) is 30.3 Å². The third-order valence-corrected chi connectivity index (χ3v) is 4.32. The zero-order chi connectivity index (χ0) is 14.1. The van der Waals surface area contributed by atoms with E-state index < -0.39 is 4.92 Å². The van der Waals surface area contributed by atoms with Gasteiger partial charge in [-0.25, -0.2) is 4.98 Å². The molecule has 5 nitrogen and oxygen atoms in total. The molecule has 0 spiro atoms. The van der Waals surface area contributed by atoms with Crippen LogP contribution < -0.4 is 4.74 Å². The molecular weight excluding hydrogens is 344 g/mol. The minimum Gasteiger partial charge on any atom is -0.430 e. The van der Waals surface area contributed by atoms with E-state index in [1.165, 1.54) is 6.20 Å². The maximum atomic E-state index is 10.6. The van der Waals surface area contributed by atoms with Crippen molar-refractivity contribution in [3.05, 3.63) is 57.2 Å². The molecule has 7 heteroatoms. The second-order valence-electron chi connectivity index (χ2n) is 3.92. The Morgan fingerprint density at radius 1 is 1.25 bits per heavy atom. The number of hydrogen-bond acceptors (Lipinski definition) is 5. The summed E-state index contributed by atoms with van der Waals surface area (Å²) in [6.07, 6.45) is 1.19.